The number of alkyl halides is 3. The Bertz CT molecular complexity index is 1030. The molecule has 148 valence electrons. The van der Waals surface area contributed by atoms with Crippen molar-refractivity contribution in [3.63, 3.8) is 0 Å². The third kappa shape index (κ3) is 4.93. The number of nitrogen functional groups attached to an aromatic ring is 1. The molecular weight excluding hydrogens is 420 g/mol. The standard InChI is InChI=1S/C15H12Cl2N4.C2HF3O2/c1-19-14-10-6-5-8(7-12(10)20-15(18)21-14)9-3-2-4-11(16)13(9)17;3-2(4,5)1(6)7/h2-7H,1H3,(H3,18,19,20,21);(H,6,7). The van der Waals surface area contributed by atoms with E-state index in [1.807, 2.05) is 30.3 Å². The number of halogens is 5. The summed E-state index contributed by atoms with van der Waals surface area (Å²) in [5.74, 6) is -1.84. The highest BCUT2D eigenvalue weighted by Crippen LogP contribution is 2.35. The summed E-state index contributed by atoms with van der Waals surface area (Å²) in [5, 5.41) is 12.1. The first-order valence-electron chi connectivity index (χ1n) is 7.54. The lowest BCUT2D eigenvalue weighted by Gasteiger charge is -2.09. The lowest BCUT2D eigenvalue weighted by molar-refractivity contribution is -0.192. The fourth-order valence-corrected chi connectivity index (χ4v) is 2.64. The van der Waals surface area contributed by atoms with Crippen LogP contribution < -0.4 is 11.1 Å². The smallest absolute Gasteiger partial charge is 0.475 e. The molecule has 0 atom stereocenters. The summed E-state index contributed by atoms with van der Waals surface area (Å²) < 4.78 is 31.7. The van der Waals surface area contributed by atoms with E-state index >= 15 is 0 Å². The number of nitrogens with zero attached hydrogens (tertiary/aromatic N) is 2. The van der Waals surface area contributed by atoms with Crippen LogP contribution in [0.3, 0.4) is 0 Å². The van der Waals surface area contributed by atoms with Crippen LogP contribution >= 0.6 is 23.2 Å². The molecule has 0 radical (unpaired) electrons. The van der Waals surface area contributed by atoms with Crippen molar-refractivity contribution >= 4 is 51.8 Å². The van der Waals surface area contributed by atoms with Gasteiger partial charge in [0.2, 0.25) is 5.95 Å². The Labute approximate surface area is 167 Å². The van der Waals surface area contributed by atoms with Gasteiger partial charge in [-0.2, -0.15) is 18.2 Å². The zero-order valence-electron chi connectivity index (χ0n) is 14.2. The Balaban J connectivity index is 0.000000345. The molecule has 0 aliphatic rings. The Kier molecular flexibility index (Phi) is 6.52. The second kappa shape index (κ2) is 8.49. The molecule has 0 amide bonds. The third-order valence-corrected chi connectivity index (χ3v) is 4.28. The lowest BCUT2D eigenvalue weighted by atomic mass is 10.0. The van der Waals surface area contributed by atoms with Crippen molar-refractivity contribution in [2.24, 2.45) is 0 Å². The molecule has 0 bridgehead atoms. The van der Waals surface area contributed by atoms with Crippen LogP contribution in [0.25, 0.3) is 22.0 Å². The number of aliphatic carboxylic acids is 1. The van der Waals surface area contributed by atoms with Gasteiger partial charge < -0.3 is 16.2 Å². The first-order chi connectivity index (χ1) is 13.0. The van der Waals surface area contributed by atoms with Crippen molar-refractivity contribution in [3.8, 4) is 11.1 Å². The van der Waals surface area contributed by atoms with Crippen LogP contribution in [0.1, 0.15) is 0 Å². The first-order valence-corrected chi connectivity index (χ1v) is 8.29. The topological polar surface area (TPSA) is 101 Å². The number of hydrogen-bond donors (Lipinski definition) is 3. The van der Waals surface area contributed by atoms with E-state index in [0.29, 0.717) is 15.9 Å². The predicted octanol–water partition coefficient (Wildman–Crippen LogP) is 4.86. The SMILES string of the molecule is CNc1nc(N)nc2cc(-c3cccc(Cl)c3Cl)ccc12.O=C(O)C(F)(F)F. The van der Waals surface area contributed by atoms with Crippen LogP contribution in [0.2, 0.25) is 10.0 Å². The zero-order chi connectivity index (χ0) is 21.1. The molecule has 0 aliphatic heterocycles. The highest BCUT2D eigenvalue weighted by Gasteiger charge is 2.38. The molecule has 0 saturated carbocycles. The largest absolute Gasteiger partial charge is 0.490 e. The van der Waals surface area contributed by atoms with Gasteiger partial charge in [-0.3, -0.25) is 0 Å². The normalized spacial score (nSPS) is 10.9. The quantitative estimate of drug-likeness (QED) is 0.534. The van der Waals surface area contributed by atoms with Gasteiger partial charge in [0.05, 0.1) is 15.6 Å². The average Bonchev–Trinajstić information content (AvgIpc) is 2.62. The number of aromatic nitrogens is 2. The van der Waals surface area contributed by atoms with Crippen LogP contribution in [0.4, 0.5) is 24.9 Å². The molecule has 6 nitrogen and oxygen atoms in total. The maximum atomic E-state index is 10.6. The molecule has 1 heterocycles. The van der Waals surface area contributed by atoms with Crippen LogP contribution in [0.15, 0.2) is 36.4 Å². The van der Waals surface area contributed by atoms with E-state index in [9.17, 15) is 13.2 Å². The molecule has 3 rings (SSSR count). The number of benzene rings is 2. The van der Waals surface area contributed by atoms with E-state index in [2.05, 4.69) is 15.3 Å². The van der Waals surface area contributed by atoms with E-state index in [-0.39, 0.29) is 5.95 Å². The fourth-order valence-electron chi connectivity index (χ4n) is 2.23. The van der Waals surface area contributed by atoms with Gasteiger partial charge in [0, 0.05) is 18.0 Å². The van der Waals surface area contributed by atoms with Crippen molar-refractivity contribution < 1.29 is 23.1 Å². The van der Waals surface area contributed by atoms with Crippen molar-refractivity contribution in [1.82, 2.24) is 9.97 Å². The van der Waals surface area contributed by atoms with E-state index in [1.165, 1.54) is 0 Å². The molecule has 3 aromatic rings. The zero-order valence-corrected chi connectivity index (χ0v) is 15.7. The Morgan fingerprint density at radius 3 is 2.39 bits per heavy atom. The first kappa shape index (κ1) is 21.5. The Hall–Kier alpha value is -2.78. The molecule has 0 saturated heterocycles. The summed E-state index contributed by atoms with van der Waals surface area (Å²) in [7, 11) is 1.79. The van der Waals surface area contributed by atoms with Gasteiger partial charge in [-0.1, -0.05) is 41.4 Å². The van der Waals surface area contributed by atoms with E-state index in [0.717, 1.165) is 22.0 Å². The summed E-state index contributed by atoms with van der Waals surface area (Å²) in [6.07, 6.45) is -5.08. The van der Waals surface area contributed by atoms with Gasteiger partial charge in [0.1, 0.15) is 5.82 Å². The minimum absolute atomic E-state index is 0.223. The van der Waals surface area contributed by atoms with Crippen molar-refractivity contribution in [2.45, 2.75) is 6.18 Å². The van der Waals surface area contributed by atoms with Gasteiger partial charge in [0.15, 0.2) is 0 Å². The molecule has 1 aromatic heterocycles. The van der Waals surface area contributed by atoms with Crippen LogP contribution in [0.5, 0.6) is 0 Å². The van der Waals surface area contributed by atoms with Gasteiger partial charge in [-0.05, 0) is 23.8 Å². The molecule has 11 heteroatoms. The summed E-state index contributed by atoms with van der Waals surface area (Å²) >= 11 is 12.3. The van der Waals surface area contributed by atoms with Gasteiger partial charge in [-0.25, -0.2) is 9.78 Å². The van der Waals surface area contributed by atoms with Crippen molar-refractivity contribution in [2.75, 3.05) is 18.1 Å². The number of anilines is 2. The second-order valence-electron chi connectivity index (χ2n) is 5.32. The monoisotopic (exact) mass is 432 g/mol. The number of carbonyl (C=O) groups is 1. The van der Waals surface area contributed by atoms with Crippen molar-refractivity contribution in [1.29, 1.82) is 0 Å². The third-order valence-electron chi connectivity index (χ3n) is 3.46. The number of carboxylic acid groups (broad SMARTS) is 1. The summed E-state index contributed by atoms with van der Waals surface area (Å²) in [6.45, 7) is 0. The molecule has 28 heavy (non-hydrogen) atoms. The number of rotatable bonds is 2. The van der Waals surface area contributed by atoms with Crippen LogP contribution in [0, 0.1) is 0 Å². The van der Waals surface area contributed by atoms with Gasteiger partial charge >= 0.3 is 12.1 Å². The lowest BCUT2D eigenvalue weighted by Crippen LogP contribution is -2.21. The Morgan fingerprint density at radius 1 is 1.18 bits per heavy atom. The number of carboxylic acids is 1. The number of hydrogen-bond acceptors (Lipinski definition) is 5. The minimum Gasteiger partial charge on any atom is -0.475 e. The van der Waals surface area contributed by atoms with Crippen molar-refractivity contribution in [3.05, 3.63) is 46.4 Å². The molecule has 0 unspecified atom stereocenters. The summed E-state index contributed by atoms with van der Waals surface area (Å²) in [4.78, 5) is 17.3. The maximum Gasteiger partial charge on any atom is 0.490 e. The van der Waals surface area contributed by atoms with Gasteiger partial charge in [-0.15, -0.1) is 0 Å². The average molecular weight is 433 g/mol. The molecule has 4 N–H and O–H groups in total. The number of nitrogens with two attached hydrogens (primary N) is 1. The molecule has 0 spiro atoms. The fraction of sp³-hybridized carbons (Fsp3) is 0.118. The van der Waals surface area contributed by atoms with Crippen LogP contribution in [-0.2, 0) is 4.79 Å². The van der Waals surface area contributed by atoms with Gasteiger partial charge in [0.25, 0.3) is 0 Å². The molecule has 0 fully saturated rings. The predicted molar refractivity (Wildman–Crippen MR) is 103 cm³/mol. The van der Waals surface area contributed by atoms with Crippen LogP contribution in [-0.4, -0.2) is 34.3 Å². The summed E-state index contributed by atoms with van der Waals surface area (Å²) in [5.41, 5.74) is 8.27. The maximum absolute atomic E-state index is 10.6. The molecule has 2 aromatic carbocycles. The van der Waals surface area contributed by atoms with E-state index < -0.39 is 12.1 Å². The number of nitrogens with one attached hydrogen (secondary N) is 1. The molecular formula is C17H13Cl2F3N4O2. The minimum atomic E-state index is -5.08. The highest BCUT2D eigenvalue weighted by atomic mass is 35.5. The van der Waals surface area contributed by atoms with E-state index in [4.69, 9.17) is 38.8 Å². The van der Waals surface area contributed by atoms with E-state index in [1.54, 1.807) is 13.1 Å². The highest BCUT2D eigenvalue weighted by molar-refractivity contribution is 6.43. The number of fused-ring (bicyclic) bond motifs is 1. The summed E-state index contributed by atoms with van der Waals surface area (Å²) in [6, 6.07) is 11.4. The second-order valence-corrected chi connectivity index (χ2v) is 6.10. The molecule has 0 aliphatic carbocycles. The Morgan fingerprint density at radius 2 is 1.82 bits per heavy atom.